The summed E-state index contributed by atoms with van der Waals surface area (Å²) in [6, 6.07) is 4.01. The molecule has 3 heteroatoms. The molecule has 0 aliphatic heterocycles. The van der Waals surface area contributed by atoms with E-state index in [-0.39, 0.29) is 0 Å². The third-order valence-corrected chi connectivity index (χ3v) is 2.92. The number of likely N-dealkylation sites (N-methyl/N-ethyl adjacent to an activating group) is 1. The highest BCUT2D eigenvalue weighted by molar-refractivity contribution is 5.44. The summed E-state index contributed by atoms with van der Waals surface area (Å²) in [6.45, 7) is 8.99. The van der Waals surface area contributed by atoms with E-state index in [4.69, 9.17) is 4.74 Å². The summed E-state index contributed by atoms with van der Waals surface area (Å²) in [5.41, 5.74) is 2.21. The third-order valence-electron chi connectivity index (χ3n) is 2.92. The standard InChI is InChI=1S/C14H23NO2/c1-6-17-13-8-10(2)12(7-11(13)3)14(4,16)9-15-5/h7-8,15-16H,6,9H2,1-5H3. The zero-order valence-electron chi connectivity index (χ0n) is 11.4. The van der Waals surface area contributed by atoms with E-state index in [1.165, 1.54) is 0 Å². The van der Waals surface area contributed by atoms with Gasteiger partial charge in [-0.05, 0) is 63.6 Å². The van der Waals surface area contributed by atoms with Gasteiger partial charge >= 0.3 is 0 Å². The Morgan fingerprint density at radius 1 is 1.29 bits per heavy atom. The quantitative estimate of drug-likeness (QED) is 0.824. The number of aliphatic hydroxyl groups is 1. The van der Waals surface area contributed by atoms with Gasteiger partial charge in [0.25, 0.3) is 0 Å². The predicted molar refractivity (Wildman–Crippen MR) is 70.6 cm³/mol. The molecule has 0 saturated heterocycles. The molecule has 1 aromatic carbocycles. The number of hydrogen-bond acceptors (Lipinski definition) is 3. The Morgan fingerprint density at radius 3 is 2.47 bits per heavy atom. The Bertz CT molecular complexity index is 386. The molecule has 0 aliphatic carbocycles. The lowest BCUT2D eigenvalue weighted by Crippen LogP contribution is -2.34. The zero-order chi connectivity index (χ0) is 13.1. The molecule has 0 heterocycles. The summed E-state index contributed by atoms with van der Waals surface area (Å²) in [7, 11) is 1.84. The van der Waals surface area contributed by atoms with E-state index in [1.807, 2.05) is 46.9 Å². The van der Waals surface area contributed by atoms with Gasteiger partial charge in [-0.2, -0.15) is 0 Å². The smallest absolute Gasteiger partial charge is 0.122 e. The maximum atomic E-state index is 10.4. The Kier molecular flexibility index (Phi) is 4.54. The number of aryl methyl sites for hydroxylation is 2. The van der Waals surface area contributed by atoms with Gasteiger partial charge in [0.05, 0.1) is 12.2 Å². The molecule has 0 fully saturated rings. The van der Waals surface area contributed by atoms with Crippen LogP contribution in [0, 0.1) is 13.8 Å². The summed E-state index contributed by atoms with van der Waals surface area (Å²) >= 11 is 0. The molecular weight excluding hydrogens is 214 g/mol. The van der Waals surface area contributed by atoms with E-state index in [1.54, 1.807) is 0 Å². The van der Waals surface area contributed by atoms with Gasteiger partial charge in [0.1, 0.15) is 5.75 Å². The molecule has 96 valence electrons. The van der Waals surface area contributed by atoms with Gasteiger partial charge < -0.3 is 15.2 Å². The monoisotopic (exact) mass is 237 g/mol. The van der Waals surface area contributed by atoms with Gasteiger partial charge in [-0.15, -0.1) is 0 Å². The number of hydrogen-bond donors (Lipinski definition) is 2. The Labute approximate surface area is 104 Å². The van der Waals surface area contributed by atoms with Crippen LogP contribution in [0.5, 0.6) is 5.75 Å². The normalized spacial score (nSPS) is 14.5. The predicted octanol–water partition coefficient (Wildman–Crippen LogP) is 2.13. The van der Waals surface area contributed by atoms with E-state index in [2.05, 4.69) is 5.32 Å². The van der Waals surface area contributed by atoms with Crippen molar-refractivity contribution in [1.29, 1.82) is 0 Å². The van der Waals surface area contributed by atoms with Gasteiger partial charge in [-0.1, -0.05) is 0 Å². The minimum absolute atomic E-state index is 0.529. The van der Waals surface area contributed by atoms with Crippen LogP contribution in [0.15, 0.2) is 12.1 Å². The molecule has 0 amide bonds. The summed E-state index contributed by atoms with van der Waals surface area (Å²) in [6.07, 6.45) is 0. The van der Waals surface area contributed by atoms with E-state index in [0.717, 1.165) is 22.4 Å². The molecule has 0 spiro atoms. The lowest BCUT2D eigenvalue weighted by Gasteiger charge is -2.26. The first-order valence-electron chi connectivity index (χ1n) is 6.04. The second kappa shape index (κ2) is 5.52. The Balaban J connectivity index is 3.15. The first kappa shape index (κ1) is 14.0. The SMILES string of the molecule is CCOc1cc(C)c(C(C)(O)CNC)cc1C. The first-order valence-corrected chi connectivity index (χ1v) is 6.04. The largest absolute Gasteiger partial charge is 0.494 e. The molecule has 3 nitrogen and oxygen atoms in total. The van der Waals surface area contributed by atoms with Crippen molar-refractivity contribution >= 4 is 0 Å². The van der Waals surface area contributed by atoms with Crippen molar-refractivity contribution in [2.24, 2.45) is 0 Å². The molecule has 0 aromatic heterocycles. The second-order valence-electron chi connectivity index (χ2n) is 4.67. The fourth-order valence-corrected chi connectivity index (χ4v) is 2.12. The molecule has 0 bridgehead atoms. The molecule has 0 aliphatic rings. The Hall–Kier alpha value is -1.06. The van der Waals surface area contributed by atoms with E-state index in [9.17, 15) is 5.11 Å². The minimum atomic E-state index is -0.853. The van der Waals surface area contributed by atoms with Crippen LogP contribution in [0.1, 0.15) is 30.5 Å². The molecule has 1 rings (SSSR count). The van der Waals surface area contributed by atoms with E-state index in [0.29, 0.717) is 13.2 Å². The summed E-state index contributed by atoms with van der Waals surface area (Å²) in [4.78, 5) is 0. The lowest BCUT2D eigenvalue weighted by atomic mass is 9.90. The number of rotatable bonds is 5. The van der Waals surface area contributed by atoms with Gasteiger partial charge in [0, 0.05) is 6.54 Å². The zero-order valence-corrected chi connectivity index (χ0v) is 11.4. The van der Waals surface area contributed by atoms with Crippen molar-refractivity contribution < 1.29 is 9.84 Å². The highest BCUT2D eigenvalue weighted by Crippen LogP contribution is 2.29. The highest BCUT2D eigenvalue weighted by atomic mass is 16.5. The Morgan fingerprint density at radius 2 is 1.94 bits per heavy atom. The van der Waals surface area contributed by atoms with Crippen LogP contribution in [-0.2, 0) is 5.60 Å². The summed E-state index contributed by atoms with van der Waals surface area (Å²) in [5.74, 6) is 0.897. The van der Waals surface area contributed by atoms with Crippen molar-refractivity contribution in [3.05, 3.63) is 28.8 Å². The van der Waals surface area contributed by atoms with Crippen LogP contribution >= 0.6 is 0 Å². The van der Waals surface area contributed by atoms with Crippen LogP contribution in [0.4, 0.5) is 0 Å². The average molecular weight is 237 g/mol. The summed E-state index contributed by atoms with van der Waals surface area (Å²) < 4.78 is 5.55. The summed E-state index contributed by atoms with van der Waals surface area (Å²) in [5, 5.41) is 13.4. The van der Waals surface area contributed by atoms with Crippen molar-refractivity contribution in [3.63, 3.8) is 0 Å². The topological polar surface area (TPSA) is 41.5 Å². The van der Waals surface area contributed by atoms with Gasteiger partial charge in [-0.3, -0.25) is 0 Å². The van der Waals surface area contributed by atoms with Crippen molar-refractivity contribution in [3.8, 4) is 5.75 Å². The van der Waals surface area contributed by atoms with E-state index < -0.39 is 5.60 Å². The van der Waals surface area contributed by atoms with Crippen molar-refractivity contribution in [2.75, 3.05) is 20.2 Å². The van der Waals surface area contributed by atoms with Crippen LogP contribution in [-0.4, -0.2) is 25.3 Å². The molecule has 17 heavy (non-hydrogen) atoms. The lowest BCUT2D eigenvalue weighted by molar-refractivity contribution is 0.0584. The van der Waals surface area contributed by atoms with Crippen LogP contribution < -0.4 is 10.1 Å². The van der Waals surface area contributed by atoms with Gasteiger partial charge in [0.2, 0.25) is 0 Å². The molecule has 2 N–H and O–H groups in total. The minimum Gasteiger partial charge on any atom is -0.494 e. The van der Waals surface area contributed by atoms with Crippen molar-refractivity contribution in [1.82, 2.24) is 5.32 Å². The van der Waals surface area contributed by atoms with Gasteiger partial charge in [-0.25, -0.2) is 0 Å². The van der Waals surface area contributed by atoms with E-state index >= 15 is 0 Å². The molecule has 1 unspecified atom stereocenters. The molecular formula is C14H23NO2. The van der Waals surface area contributed by atoms with Crippen LogP contribution in [0.25, 0.3) is 0 Å². The van der Waals surface area contributed by atoms with Gasteiger partial charge in [0.15, 0.2) is 0 Å². The molecule has 0 saturated carbocycles. The van der Waals surface area contributed by atoms with Crippen LogP contribution in [0.3, 0.4) is 0 Å². The molecule has 0 radical (unpaired) electrons. The molecule has 1 atom stereocenters. The molecule has 1 aromatic rings. The number of ether oxygens (including phenoxy) is 1. The maximum Gasteiger partial charge on any atom is 0.122 e. The van der Waals surface area contributed by atoms with Crippen molar-refractivity contribution in [2.45, 2.75) is 33.3 Å². The fourth-order valence-electron chi connectivity index (χ4n) is 2.12. The van der Waals surface area contributed by atoms with Crippen LogP contribution in [0.2, 0.25) is 0 Å². The second-order valence-corrected chi connectivity index (χ2v) is 4.67. The first-order chi connectivity index (χ1) is 7.92. The highest BCUT2D eigenvalue weighted by Gasteiger charge is 2.24. The third kappa shape index (κ3) is 3.20. The average Bonchev–Trinajstić information content (AvgIpc) is 2.23. The number of nitrogens with one attached hydrogen (secondary N) is 1. The number of benzene rings is 1. The maximum absolute atomic E-state index is 10.4. The fraction of sp³-hybridized carbons (Fsp3) is 0.571.